The van der Waals surface area contributed by atoms with Crippen LogP contribution in [0.5, 0.6) is 0 Å². The lowest BCUT2D eigenvalue weighted by molar-refractivity contribution is -0.870. The van der Waals surface area contributed by atoms with Crippen LogP contribution in [-0.2, 0) is 27.9 Å². The number of esters is 1. The number of unbranched alkanes of at least 4 members (excludes halogenated alkanes) is 16. The first-order valence-electron chi connectivity index (χ1n) is 24.3. The lowest BCUT2D eigenvalue weighted by Crippen LogP contribution is -2.37. The summed E-state index contributed by atoms with van der Waals surface area (Å²) in [6.07, 6.45) is 58.8. The first-order chi connectivity index (χ1) is 29.6. The van der Waals surface area contributed by atoms with Gasteiger partial charge < -0.3 is 27.9 Å². The van der Waals surface area contributed by atoms with Gasteiger partial charge in [-0.3, -0.25) is 9.36 Å². The van der Waals surface area contributed by atoms with E-state index in [2.05, 4.69) is 98.9 Å². The molecular formula is C52H92NO7P. The average molecular weight is 874 g/mol. The van der Waals surface area contributed by atoms with Crippen molar-refractivity contribution in [2.24, 2.45) is 0 Å². The number of phosphoric ester groups is 1. The van der Waals surface area contributed by atoms with Crippen molar-refractivity contribution < 1.29 is 37.3 Å². The summed E-state index contributed by atoms with van der Waals surface area (Å²) in [5, 5.41) is 0. The molecule has 0 fully saturated rings. The second-order valence-corrected chi connectivity index (χ2v) is 18.5. The number of rotatable bonds is 44. The number of quaternary nitrogens is 1. The number of carbonyl (C=O) groups excluding carboxylic acids is 1. The van der Waals surface area contributed by atoms with Crippen LogP contribution in [0.2, 0.25) is 0 Å². The molecule has 0 radical (unpaired) electrons. The van der Waals surface area contributed by atoms with Crippen molar-refractivity contribution in [3.63, 3.8) is 0 Å². The zero-order valence-electron chi connectivity index (χ0n) is 39.8. The number of hydrogen-bond acceptors (Lipinski definition) is 7. The summed E-state index contributed by atoms with van der Waals surface area (Å²) < 4.78 is 34.7. The number of likely N-dealkylation sites (N-methyl/N-ethyl adjacent to an activating group) is 1. The molecule has 0 N–H and O–H groups in total. The monoisotopic (exact) mass is 874 g/mol. The number of nitrogens with zero attached hydrogens (tertiary/aromatic N) is 1. The summed E-state index contributed by atoms with van der Waals surface area (Å²) in [6.45, 7) is 5.15. The van der Waals surface area contributed by atoms with Crippen molar-refractivity contribution in [2.45, 2.75) is 187 Å². The Hall–Kier alpha value is -2.32. The molecule has 0 amide bonds. The van der Waals surface area contributed by atoms with E-state index in [0.29, 0.717) is 24.1 Å². The van der Waals surface area contributed by atoms with Gasteiger partial charge in [0.2, 0.25) is 0 Å². The van der Waals surface area contributed by atoms with Gasteiger partial charge in [0.25, 0.3) is 7.82 Å². The Balaban J connectivity index is 4.20. The molecule has 0 saturated heterocycles. The fraction of sp³-hybridized carbons (Fsp3) is 0.712. The molecule has 9 heteroatoms. The number of allylic oxidation sites excluding steroid dienone is 14. The first kappa shape index (κ1) is 58.7. The maximum absolute atomic E-state index is 12.7. The fourth-order valence-electron chi connectivity index (χ4n) is 6.26. The molecule has 0 bridgehead atoms. The van der Waals surface area contributed by atoms with Gasteiger partial charge >= 0.3 is 5.97 Å². The third-order valence-corrected chi connectivity index (χ3v) is 10.9. The van der Waals surface area contributed by atoms with Crippen molar-refractivity contribution in [3.05, 3.63) is 85.1 Å². The number of phosphoric acid groups is 1. The summed E-state index contributed by atoms with van der Waals surface area (Å²) >= 11 is 0. The van der Waals surface area contributed by atoms with Crippen molar-refractivity contribution in [2.75, 3.05) is 54.1 Å². The highest BCUT2D eigenvalue weighted by atomic mass is 31.2. The summed E-state index contributed by atoms with van der Waals surface area (Å²) in [5.41, 5.74) is 0. The highest BCUT2D eigenvalue weighted by Crippen LogP contribution is 2.38. The van der Waals surface area contributed by atoms with Crippen molar-refractivity contribution in [1.82, 2.24) is 0 Å². The number of hydrogen-bond donors (Lipinski definition) is 0. The van der Waals surface area contributed by atoms with E-state index in [9.17, 15) is 14.3 Å². The summed E-state index contributed by atoms with van der Waals surface area (Å²) in [6, 6.07) is 0. The third kappa shape index (κ3) is 48.6. The smallest absolute Gasteiger partial charge is 0.306 e. The van der Waals surface area contributed by atoms with Crippen LogP contribution in [-0.4, -0.2) is 70.7 Å². The van der Waals surface area contributed by atoms with Crippen LogP contribution in [0.1, 0.15) is 181 Å². The number of carbonyl (C=O) groups is 1. The van der Waals surface area contributed by atoms with Gasteiger partial charge in [0, 0.05) is 13.0 Å². The largest absolute Gasteiger partial charge is 0.756 e. The molecule has 0 aliphatic carbocycles. The van der Waals surface area contributed by atoms with E-state index in [1.54, 1.807) is 0 Å². The van der Waals surface area contributed by atoms with E-state index >= 15 is 0 Å². The van der Waals surface area contributed by atoms with Gasteiger partial charge in [0.15, 0.2) is 0 Å². The zero-order valence-corrected chi connectivity index (χ0v) is 40.7. The van der Waals surface area contributed by atoms with Crippen LogP contribution < -0.4 is 4.89 Å². The highest BCUT2D eigenvalue weighted by molar-refractivity contribution is 7.45. The molecule has 0 aromatic heterocycles. The molecule has 0 saturated carbocycles. The van der Waals surface area contributed by atoms with E-state index in [0.717, 1.165) is 89.9 Å². The van der Waals surface area contributed by atoms with E-state index in [1.807, 2.05) is 21.1 Å². The van der Waals surface area contributed by atoms with Crippen LogP contribution >= 0.6 is 7.82 Å². The van der Waals surface area contributed by atoms with Gasteiger partial charge in [0.1, 0.15) is 19.3 Å². The van der Waals surface area contributed by atoms with Gasteiger partial charge in [0.05, 0.1) is 34.4 Å². The van der Waals surface area contributed by atoms with Crippen LogP contribution in [0, 0.1) is 0 Å². The van der Waals surface area contributed by atoms with E-state index in [-0.39, 0.29) is 25.8 Å². The lowest BCUT2D eigenvalue weighted by atomic mass is 10.1. The van der Waals surface area contributed by atoms with Crippen LogP contribution in [0.15, 0.2) is 85.1 Å². The van der Waals surface area contributed by atoms with Crippen LogP contribution in [0.3, 0.4) is 0 Å². The van der Waals surface area contributed by atoms with E-state index in [4.69, 9.17) is 18.5 Å². The predicted octanol–water partition coefficient (Wildman–Crippen LogP) is 14.2. The summed E-state index contributed by atoms with van der Waals surface area (Å²) in [5.74, 6) is -0.349. The second kappa shape index (κ2) is 44.3. The first-order valence-corrected chi connectivity index (χ1v) is 25.8. The van der Waals surface area contributed by atoms with Gasteiger partial charge in [-0.2, -0.15) is 0 Å². The van der Waals surface area contributed by atoms with Gasteiger partial charge in [-0.25, -0.2) is 0 Å². The van der Waals surface area contributed by atoms with Gasteiger partial charge in [-0.05, 0) is 83.5 Å². The SMILES string of the molecule is CC/C=C\C/C=C\C/C=C\C/C=C\CCCCCCCCCCCOCC(COP(=O)([O-])OCC[N+](C)(C)C)OC(=O)CCCCCCCCC/C=C\C/C=C\C/C=C\CC. The second-order valence-electron chi connectivity index (χ2n) is 17.1. The van der Waals surface area contributed by atoms with Crippen molar-refractivity contribution in [1.29, 1.82) is 0 Å². The lowest BCUT2D eigenvalue weighted by Gasteiger charge is -2.28. The molecule has 0 rings (SSSR count). The quantitative estimate of drug-likeness (QED) is 0.0198. The molecule has 2 unspecified atom stereocenters. The van der Waals surface area contributed by atoms with E-state index in [1.165, 1.54) is 70.6 Å². The molecule has 0 aliphatic rings. The topological polar surface area (TPSA) is 94.1 Å². The van der Waals surface area contributed by atoms with E-state index < -0.39 is 13.9 Å². The highest BCUT2D eigenvalue weighted by Gasteiger charge is 2.20. The minimum Gasteiger partial charge on any atom is -0.756 e. The predicted molar refractivity (Wildman–Crippen MR) is 258 cm³/mol. The Labute approximate surface area is 375 Å². The maximum Gasteiger partial charge on any atom is 0.306 e. The summed E-state index contributed by atoms with van der Waals surface area (Å²) in [7, 11) is 1.33. The molecule has 0 aromatic carbocycles. The van der Waals surface area contributed by atoms with Crippen LogP contribution in [0.4, 0.5) is 0 Å². The average Bonchev–Trinajstić information content (AvgIpc) is 3.22. The normalized spacial score (nSPS) is 14.4. The van der Waals surface area contributed by atoms with Gasteiger partial charge in [-0.1, -0.05) is 176 Å². The Kier molecular flexibility index (Phi) is 42.6. The van der Waals surface area contributed by atoms with Crippen molar-refractivity contribution >= 4 is 13.8 Å². The third-order valence-electron chi connectivity index (χ3n) is 9.94. The van der Waals surface area contributed by atoms with Gasteiger partial charge in [-0.15, -0.1) is 0 Å². The Morgan fingerprint density at radius 1 is 0.508 bits per heavy atom. The fourth-order valence-corrected chi connectivity index (χ4v) is 6.99. The molecular weight excluding hydrogens is 782 g/mol. The molecule has 0 spiro atoms. The van der Waals surface area contributed by atoms with Crippen molar-refractivity contribution in [3.8, 4) is 0 Å². The summed E-state index contributed by atoms with van der Waals surface area (Å²) in [4.78, 5) is 25.1. The molecule has 0 aliphatic heterocycles. The molecule has 61 heavy (non-hydrogen) atoms. The Morgan fingerprint density at radius 3 is 1.34 bits per heavy atom. The Morgan fingerprint density at radius 2 is 0.902 bits per heavy atom. The molecule has 0 aromatic rings. The molecule has 352 valence electrons. The minimum absolute atomic E-state index is 0.0183. The van der Waals surface area contributed by atoms with Crippen LogP contribution in [0.25, 0.3) is 0 Å². The zero-order chi connectivity index (χ0) is 44.8. The Bertz CT molecular complexity index is 1250. The maximum atomic E-state index is 12.7. The number of ether oxygens (including phenoxy) is 2. The molecule has 8 nitrogen and oxygen atoms in total. The minimum atomic E-state index is -4.54. The molecule has 2 atom stereocenters. The molecule has 0 heterocycles. The standard InChI is InChI=1S/C52H92NO7P/c1-6-8-10-12-14-16-18-20-22-24-25-26-27-28-30-32-34-36-38-40-42-44-47-57-49-51(50-59-61(55,56)58-48-46-53(3,4)5)60-52(54)45-43-41-39-37-35-33-31-29-23-21-19-17-15-13-11-9-7-2/h8-11,14-17,20-23,25-26,51H,6-7,12-13,18-19,24,27-50H2,1-5H3/b10-8-,11-9-,16-14-,17-15-,22-20-,23-21-,26-25-.